The van der Waals surface area contributed by atoms with Gasteiger partial charge in [0.1, 0.15) is 5.69 Å². The van der Waals surface area contributed by atoms with Gasteiger partial charge in [-0.05, 0) is 18.6 Å². The summed E-state index contributed by atoms with van der Waals surface area (Å²) in [5.41, 5.74) is 5.45. The Balaban J connectivity index is 3.18. The van der Waals surface area contributed by atoms with Crippen LogP contribution in [0.2, 0.25) is 0 Å². The van der Waals surface area contributed by atoms with E-state index >= 15 is 0 Å². The summed E-state index contributed by atoms with van der Waals surface area (Å²) in [5.74, 6) is -0.707. The fourth-order valence-electron chi connectivity index (χ4n) is 1.91. The van der Waals surface area contributed by atoms with Crippen molar-refractivity contribution in [3.8, 4) is 0 Å². The van der Waals surface area contributed by atoms with Gasteiger partial charge in [0.15, 0.2) is 0 Å². The number of anilines is 1. The SMILES string of the molecule is CCCCN(CCO)c1ccc(C(N)=O)cc1[N+](=O)[O-]. The predicted molar refractivity (Wildman–Crippen MR) is 75.8 cm³/mol. The molecule has 0 atom stereocenters. The van der Waals surface area contributed by atoms with Gasteiger partial charge in [-0.2, -0.15) is 0 Å². The molecule has 20 heavy (non-hydrogen) atoms. The monoisotopic (exact) mass is 281 g/mol. The first-order valence-corrected chi connectivity index (χ1v) is 6.45. The van der Waals surface area contributed by atoms with Gasteiger partial charge in [-0.3, -0.25) is 14.9 Å². The molecule has 0 unspecified atom stereocenters. The lowest BCUT2D eigenvalue weighted by Gasteiger charge is -2.23. The van der Waals surface area contributed by atoms with Crippen molar-refractivity contribution in [1.82, 2.24) is 0 Å². The van der Waals surface area contributed by atoms with Crippen LogP contribution in [0.3, 0.4) is 0 Å². The molecule has 0 bridgehead atoms. The van der Waals surface area contributed by atoms with Crippen LogP contribution >= 0.6 is 0 Å². The van der Waals surface area contributed by atoms with E-state index in [0.717, 1.165) is 12.8 Å². The molecule has 1 amide bonds. The minimum atomic E-state index is -0.707. The minimum Gasteiger partial charge on any atom is -0.395 e. The summed E-state index contributed by atoms with van der Waals surface area (Å²) in [6.07, 6.45) is 1.80. The topological polar surface area (TPSA) is 110 Å². The molecule has 1 rings (SSSR count). The highest BCUT2D eigenvalue weighted by atomic mass is 16.6. The number of nitrogens with two attached hydrogens (primary N) is 1. The Hall–Kier alpha value is -2.15. The number of hydrogen-bond acceptors (Lipinski definition) is 5. The van der Waals surface area contributed by atoms with E-state index < -0.39 is 10.8 Å². The van der Waals surface area contributed by atoms with Crippen molar-refractivity contribution >= 4 is 17.3 Å². The minimum absolute atomic E-state index is 0.0971. The third kappa shape index (κ3) is 3.92. The molecule has 110 valence electrons. The van der Waals surface area contributed by atoms with Crippen molar-refractivity contribution in [3.63, 3.8) is 0 Å². The van der Waals surface area contributed by atoms with Gasteiger partial charge in [0.25, 0.3) is 5.69 Å². The molecule has 0 aliphatic heterocycles. The Labute approximate surface area is 117 Å². The van der Waals surface area contributed by atoms with Gasteiger partial charge in [0.05, 0.1) is 11.5 Å². The number of nitro benzene ring substituents is 1. The van der Waals surface area contributed by atoms with Crippen LogP contribution in [-0.4, -0.2) is 35.6 Å². The summed E-state index contributed by atoms with van der Waals surface area (Å²) in [4.78, 5) is 23.4. The molecule has 0 saturated heterocycles. The molecule has 1 aromatic carbocycles. The number of rotatable bonds is 8. The summed E-state index contributed by atoms with van der Waals surface area (Å²) in [6.45, 7) is 2.82. The maximum absolute atomic E-state index is 11.1. The van der Waals surface area contributed by atoms with Gasteiger partial charge in [-0.1, -0.05) is 13.3 Å². The fraction of sp³-hybridized carbons (Fsp3) is 0.462. The first-order chi connectivity index (χ1) is 9.51. The number of hydrogen-bond donors (Lipinski definition) is 2. The van der Waals surface area contributed by atoms with E-state index in [2.05, 4.69) is 0 Å². The summed E-state index contributed by atoms with van der Waals surface area (Å²) in [6, 6.07) is 4.14. The Morgan fingerprint density at radius 3 is 2.65 bits per heavy atom. The summed E-state index contributed by atoms with van der Waals surface area (Å²) < 4.78 is 0. The van der Waals surface area contributed by atoms with Crippen LogP contribution in [-0.2, 0) is 0 Å². The highest BCUT2D eigenvalue weighted by molar-refractivity contribution is 5.94. The third-order valence-electron chi connectivity index (χ3n) is 2.95. The van der Waals surface area contributed by atoms with E-state index in [1.807, 2.05) is 6.92 Å². The molecule has 0 spiro atoms. The van der Waals surface area contributed by atoms with Crippen molar-refractivity contribution in [2.45, 2.75) is 19.8 Å². The molecule has 1 aromatic rings. The first-order valence-electron chi connectivity index (χ1n) is 6.45. The van der Waals surface area contributed by atoms with Crippen LogP contribution in [0.5, 0.6) is 0 Å². The number of benzene rings is 1. The number of carbonyl (C=O) groups excluding carboxylic acids is 1. The van der Waals surface area contributed by atoms with E-state index in [-0.39, 0.29) is 17.9 Å². The molecule has 0 radical (unpaired) electrons. The highest BCUT2D eigenvalue weighted by Crippen LogP contribution is 2.29. The lowest BCUT2D eigenvalue weighted by atomic mass is 10.1. The predicted octanol–water partition coefficient (Wildman–Crippen LogP) is 1.29. The average Bonchev–Trinajstić information content (AvgIpc) is 2.42. The molecular weight excluding hydrogens is 262 g/mol. The second kappa shape index (κ2) is 7.44. The van der Waals surface area contributed by atoms with Crippen LogP contribution in [0.15, 0.2) is 18.2 Å². The molecule has 0 saturated carbocycles. The van der Waals surface area contributed by atoms with Crippen LogP contribution < -0.4 is 10.6 Å². The van der Waals surface area contributed by atoms with Gasteiger partial charge in [-0.15, -0.1) is 0 Å². The number of nitro groups is 1. The average molecular weight is 281 g/mol. The number of aliphatic hydroxyl groups excluding tert-OH is 1. The normalized spacial score (nSPS) is 10.3. The summed E-state index contributed by atoms with van der Waals surface area (Å²) in [7, 11) is 0. The lowest BCUT2D eigenvalue weighted by Crippen LogP contribution is -2.28. The Bertz CT molecular complexity index is 491. The van der Waals surface area contributed by atoms with Crippen molar-refractivity contribution in [1.29, 1.82) is 0 Å². The van der Waals surface area contributed by atoms with Crippen LogP contribution in [0.1, 0.15) is 30.1 Å². The second-order valence-electron chi connectivity index (χ2n) is 4.39. The lowest BCUT2D eigenvalue weighted by molar-refractivity contribution is -0.384. The Kier molecular flexibility index (Phi) is 5.92. The van der Waals surface area contributed by atoms with Crippen molar-refractivity contribution in [2.75, 3.05) is 24.6 Å². The van der Waals surface area contributed by atoms with E-state index in [1.54, 1.807) is 4.90 Å². The maximum atomic E-state index is 11.1. The van der Waals surface area contributed by atoms with E-state index in [4.69, 9.17) is 10.8 Å². The Morgan fingerprint density at radius 1 is 1.45 bits per heavy atom. The smallest absolute Gasteiger partial charge is 0.293 e. The molecule has 7 nitrogen and oxygen atoms in total. The van der Waals surface area contributed by atoms with Crippen molar-refractivity contribution < 1.29 is 14.8 Å². The third-order valence-corrected chi connectivity index (χ3v) is 2.95. The first kappa shape index (κ1) is 15.9. The molecule has 0 fully saturated rings. The zero-order chi connectivity index (χ0) is 15.1. The van der Waals surface area contributed by atoms with Crippen molar-refractivity contribution in [2.24, 2.45) is 5.73 Å². The van der Waals surface area contributed by atoms with Gasteiger partial charge < -0.3 is 15.7 Å². The molecular formula is C13H19N3O4. The standard InChI is InChI=1S/C13H19N3O4/c1-2-3-6-15(7-8-17)11-5-4-10(13(14)18)9-12(11)16(19)20/h4-5,9,17H,2-3,6-8H2,1H3,(H2,14,18). The van der Waals surface area contributed by atoms with E-state index in [1.165, 1.54) is 18.2 Å². The van der Waals surface area contributed by atoms with E-state index in [9.17, 15) is 14.9 Å². The molecule has 7 heteroatoms. The summed E-state index contributed by atoms with van der Waals surface area (Å²) >= 11 is 0. The number of primary amides is 1. The number of carbonyl (C=O) groups is 1. The van der Waals surface area contributed by atoms with Crippen molar-refractivity contribution in [3.05, 3.63) is 33.9 Å². The molecule has 3 N–H and O–H groups in total. The highest BCUT2D eigenvalue weighted by Gasteiger charge is 2.20. The number of amides is 1. The number of aliphatic hydroxyl groups is 1. The van der Waals surface area contributed by atoms with E-state index in [0.29, 0.717) is 18.8 Å². The number of unbranched alkanes of at least 4 members (excludes halogenated alkanes) is 1. The van der Waals surface area contributed by atoms with Crippen LogP contribution in [0, 0.1) is 10.1 Å². The summed E-state index contributed by atoms with van der Waals surface area (Å²) in [5, 5.41) is 20.2. The number of nitrogens with zero attached hydrogens (tertiary/aromatic N) is 2. The maximum Gasteiger partial charge on any atom is 0.293 e. The van der Waals surface area contributed by atoms with Gasteiger partial charge in [0, 0.05) is 24.7 Å². The van der Waals surface area contributed by atoms with Gasteiger partial charge in [-0.25, -0.2) is 0 Å². The Morgan fingerprint density at radius 2 is 2.15 bits per heavy atom. The molecule has 0 aliphatic rings. The zero-order valence-electron chi connectivity index (χ0n) is 11.4. The second-order valence-corrected chi connectivity index (χ2v) is 4.39. The largest absolute Gasteiger partial charge is 0.395 e. The quantitative estimate of drug-likeness (QED) is 0.551. The van der Waals surface area contributed by atoms with Crippen LogP contribution in [0.25, 0.3) is 0 Å². The molecule has 0 aliphatic carbocycles. The van der Waals surface area contributed by atoms with Gasteiger partial charge in [0.2, 0.25) is 5.91 Å². The fourth-order valence-corrected chi connectivity index (χ4v) is 1.91. The molecule has 0 aromatic heterocycles. The zero-order valence-corrected chi connectivity index (χ0v) is 11.4. The van der Waals surface area contributed by atoms with Gasteiger partial charge >= 0.3 is 0 Å². The molecule has 0 heterocycles. The van der Waals surface area contributed by atoms with Crippen LogP contribution in [0.4, 0.5) is 11.4 Å².